The highest BCUT2D eigenvalue weighted by Gasteiger charge is 2.21. The molecule has 0 fully saturated rings. The Morgan fingerprint density at radius 2 is 2.13 bits per heavy atom. The molecular formula is C16H14F2N4S. The van der Waals surface area contributed by atoms with E-state index in [-0.39, 0.29) is 6.04 Å². The molecule has 0 spiro atoms. The summed E-state index contributed by atoms with van der Waals surface area (Å²) in [6, 6.07) is 4.20. The van der Waals surface area contributed by atoms with Crippen LogP contribution in [-0.2, 0) is 12.8 Å². The molecule has 1 unspecified atom stereocenters. The zero-order valence-corrected chi connectivity index (χ0v) is 13.0. The van der Waals surface area contributed by atoms with Gasteiger partial charge in [0.05, 0.1) is 6.20 Å². The van der Waals surface area contributed by atoms with Gasteiger partial charge in [-0.15, -0.1) is 0 Å². The lowest BCUT2D eigenvalue weighted by Gasteiger charge is -2.25. The fraction of sp³-hybridized carbons (Fsp3) is 0.250. The molecule has 0 saturated carbocycles. The molecule has 3 aromatic rings. The number of aromatic amines is 1. The second-order valence-electron chi connectivity index (χ2n) is 5.63. The van der Waals surface area contributed by atoms with Crippen molar-refractivity contribution in [3.8, 4) is 0 Å². The van der Waals surface area contributed by atoms with Gasteiger partial charge in [-0.25, -0.2) is 13.8 Å². The molecule has 1 aromatic carbocycles. The van der Waals surface area contributed by atoms with Gasteiger partial charge in [0.2, 0.25) is 0 Å². The van der Waals surface area contributed by atoms with E-state index >= 15 is 0 Å². The summed E-state index contributed by atoms with van der Waals surface area (Å²) < 4.78 is 29.5. The number of fused-ring (bicyclic) bond motifs is 3. The van der Waals surface area contributed by atoms with Crippen LogP contribution in [0.15, 0.2) is 35.5 Å². The summed E-state index contributed by atoms with van der Waals surface area (Å²) in [6.07, 6.45) is 6.51. The molecule has 1 atom stereocenters. The molecule has 1 aliphatic rings. The van der Waals surface area contributed by atoms with Gasteiger partial charge in [0, 0.05) is 22.5 Å². The molecule has 0 amide bonds. The van der Waals surface area contributed by atoms with Crippen molar-refractivity contribution in [2.45, 2.75) is 30.2 Å². The highest BCUT2D eigenvalue weighted by Crippen LogP contribution is 2.28. The third-order valence-electron chi connectivity index (χ3n) is 4.13. The van der Waals surface area contributed by atoms with Crippen molar-refractivity contribution in [3.63, 3.8) is 0 Å². The van der Waals surface area contributed by atoms with Gasteiger partial charge in [-0.1, -0.05) is 0 Å². The van der Waals surface area contributed by atoms with Gasteiger partial charge >= 0.3 is 0 Å². The van der Waals surface area contributed by atoms with Crippen LogP contribution in [0.1, 0.15) is 17.5 Å². The first-order valence-electron chi connectivity index (χ1n) is 7.38. The smallest absolute Gasteiger partial charge is 0.159 e. The molecule has 0 saturated heterocycles. The zero-order chi connectivity index (χ0) is 15.8. The Bertz CT molecular complexity index is 864. The van der Waals surface area contributed by atoms with E-state index in [4.69, 9.17) is 0 Å². The maximum atomic E-state index is 13.2. The van der Waals surface area contributed by atoms with E-state index in [1.807, 2.05) is 12.4 Å². The first kappa shape index (κ1) is 14.6. The number of halogens is 2. The number of hydrogen-bond acceptors (Lipinski definition) is 4. The summed E-state index contributed by atoms with van der Waals surface area (Å²) in [5, 5.41) is 8.03. The summed E-state index contributed by atoms with van der Waals surface area (Å²) in [5.41, 5.74) is 3.35. The van der Waals surface area contributed by atoms with Crippen LogP contribution in [0.3, 0.4) is 0 Å². The highest BCUT2D eigenvalue weighted by atomic mass is 32.2. The van der Waals surface area contributed by atoms with Gasteiger partial charge in [-0.05, 0) is 60.5 Å². The fourth-order valence-electron chi connectivity index (χ4n) is 2.94. The monoisotopic (exact) mass is 332 g/mol. The number of aryl methyl sites for hydroxylation is 1. The van der Waals surface area contributed by atoms with Crippen LogP contribution in [0, 0.1) is 11.6 Å². The van der Waals surface area contributed by atoms with E-state index in [1.165, 1.54) is 29.1 Å². The van der Waals surface area contributed by atoms with Crippen LogP contribution in [-0.4, -0.2) is 21.2 Å². The topological polar surface area (TPSA) is 53.6 Å². The molecule has 0 bridgehead atoms. The Morgan fingerprint density at radius 3 is 3.00 bits per heavy atom. The number of rotatable bonds is 3. The minimum absolute atomic E-state index is 0.270. The summed E-state index contributed by atoms with van der Waals surface area (Å²) >= 11 is 1.33. The van der Waals surface area contributed by atoms with Crippen LogP contribution in [0.2, 0.25) is 0 Å². The Kier molecular flexibility index (Phi) is 3.74. The molecular weight excluding hydrogens is 318 g/mol. The summed E-state index contributed by atoms with van der Waals surface area (Å²) in [5.74, 6) is -1.64. The van der Waals surface area contributed by atoms with Gasteiger partial charge in [0.1, 0.15) is 0 Å². The van der Waals surface area contributed by atoms with Crippen molar-refractivity contribution in [1.82, 2.24) is 19.9 Å². The quantitative estimate of drug-likeness (QED) is 0.722. The fourth-order valence-corrected chi connectivity index (χ4v) is 3.74. The summed E-state index contributed by atoms with van der Waals surface area (Å²) in [7, 11) is 0. The Hall–Kier alpha value is -1.99. The van der Waals surface area contributed by atoms with E-state index in [0.717, 1.165) is 36.4 Å². The Balaban J connectivity index is 1.46. The molecule has 4 rings (SSSR count). The van der Waals surface area contributed by atoms with Gasteiger partial charge < -0.3 is 0 Å². The SMILES string of the molecule is Fc1ccc(SNC2CCc3c(cnc4[nH]ncc34)C2)cc1F. The summed E-state index contributed by atoms with van der Waals surface area (Å²) in [6.45, 7) is 0. The third kappa shape index (κ3) is 2.82. The molecule has 2 N–H and O–H groups in total. The van der Waals surface area contributed by atoms with Crippen molar-refractivity contribution < 1.29 is 8.78 Å². The lowest BCUT2D eigenvalue weighted by atomic mass is 9.88. The van der Waals surface area contributed by atoms with Crippen molar-refractivity contribution in [2.75, 3.05) is 0 Å². The first-order chi connectivity index (χ1) is 11.2. The number of nitrogens with zero attached hydrogens (tertiary/aromatic N) is 2. The van der Waals surface area contributed by atoms with Crippen LogP contribution < -0.4 is 4.72 Å². The third-order valence-corrected chi connectivity index (χ3v) is 5.07. The molecule has 118 valence electrons. The predicted molar refractivity (Wildman–Crippen MR) is 85.1 cm³/mol. The number of nitrogens with one attached hydrogen (secondary N) is 2. The standard InChI is InChI=1S/C16H14F2N4S/c17-14-4-2-11(6-15(14)18)23-22-10-1-3-12-9(5-10)7-19-16-13(12)8-20-21-16/h2,4,6-8,10,22H,1,3,5H2,(H,19,20,21). The van der Waals surface area contributed by atoms with Crippen molar-refractivity contribution >= 4 is 23.0 Å². The highest BCUT2D eigenvalue weighted by molar-refractivity contribution is 7.97. The van der Waals surface area contributed by atoms with Crippen molar-refractivity contribution in [1.29, 1.82) is 0 Å². The minimum Gasteiger partial charge on any atom is -0.261 e. The number of benzene rings is 1. The second kappa shape index (κ2) is 5.90. The molecule has 4 nitrogen and oxygen atoms in total. The van der Waals surface area contributed by atoms with Gasteiger partial charge in [-0.2, -0.15) is 5.10 Å². The van der Waals surface area contributed by atoms with Gasteiger partial charge in [0.15, 0.2) is 17.3 Å². The van der Waals surface area contributed by atoms with E-state index in [1.54, 1.807) is 6.07 Å². The molecule has 2 heterocycles. The van der Waals surface area contributed by atoms with Crippen molar-refractivity contribution in [3.05, 3.63) is 53.4 Å². The predicted octanol–water partition coefficient (Wildman–Crippen LogP) is 3.39. The Morgan fingerprint density at radius 1 is 1.22 bits per heavy atom. The molecule has 1 aliphatic carbocycles. The normalized spacial score (nSPS) is 17.4. The van der Waals surface area contributed by atoms with Crippen molar-refractivity contribution in [2.24, 2.45) is 0 Å². The average Bonchev–Trinajstić information content (AvgIpc) is 3.04. The van der Waals surface area contributed by atoms with Gasteiger partial charge in [0.25, 0.3) is 0 Å². The molecule has 2 aromatic heterocycles. The van der Waals surface area contributed by atoms with Crippen LogP contribution >= 0.6 is 11.9 Å². The molecule has 23 heavy (non-hydrogen) atoms. The van der Waals surface area contributed by atoms with E-state index < -0.39 is 11.6 Å². The maximum absolute atomic E-state index is 13.2. The summed E-state index contributed by atoms with van der Waals surface area (Å²) in [4.78, 5) is 5.05. The van der Waals surface area contributed by atoms with E-state index in [0.29, 0.717) is 4.90 Å². The lowest BCUT2D eigenvalue weighted by molar-refractivity contribution is 0.505. The van der Waals surface area contributed by atoms with Crippen LogP contribution in [0.5, 0.6) is 0 Å². The number of pyridine rings is 1. The lowest BCUT2D eigenvalue weighted by Crippen LogP contribution is -2.30. The zero-order valence-electron chi connectivity index (χ0n) is 12.1. The second-order valence-corrected chi connectivity index (χ2v) is 6.54. The van der Waals surface area contributed by atoms with Crippen LogP contribution in [0.25, 0.3) is 11.0 Å². The Labute approximate surface area is 135 Å². The van der Waals surface area contributed by atoms with E-state index in [2.05, 4.69) is 19.9 Å². The minimum atomic E-state index is -0.823. The molecule has 0 radical (unpaired) electrons. The largest absolute Gasteiger partial charge is 0.261 e. The number of H-pyrrole nitrogens is 1. The molecule has 7 heteroatoms. The first-order valence-corrected chi connectivity index (χ1v) is 8.19. The molecule has 0 aliphatic heterocycles. The van der Waals surface area contributed by atoms with Crippen LogP contribution in [0.4, 0.5) is 8.78 Å². The van der Waals surface area contributed by atoms with E-state index in [9.17, 15) is 8.78 Å². The number of aromatic nitrogens is 3. The maximum Gasteiger partial charge on any atom is 0.159 e. The average molecular weight is 332 g/mol. The van der Waals surface area contributed by atoms with Gasteiger partial charge in [-0.3, -0.25) is 9.82 Å². The number of hydrogen-bond donors (Lipinski definition) is 2.